The second-order valence-electron chi connectivity index (χ2n) is 6.50. The van der Waals surface area contributed by atoms with E-state index in [1.807, 2.05) is 50.0 Å². The van der Waals surface area contributed by atoms with Crippen molar-refractivity contribution < 1.29 is 0 Å². The van der Waals surface area contributed by atoms with Crippen molar-refractivity contribution in [3.05, 3.63) is 54.1 Å². The number of rotatable bonds is 3. The average molecular weight is 336 g/mol. The molecule has 0 bridgehead atoms. The van der Waals surface area contributed by atoms with Gasteiger partial charge >= 0.3 is 0 Å². The molecule has 1 aromatic heterocycles. The van der Waals surface area contributed by atoms with Gasteiger partial charge in [0.1, 0.15) is 0 Å². The lowest BCUT2D eigenvalue weighted by atomic mass is 9.93. The maximum absolute atomic E-state index is 9.02. The van der Waals surface area contributed by atoms with Gasteiger partial charge in [0, 0.05) is 39.1 Å². The number of likely N-dealkylation sites (tertiary alicyclic amines) is 1. The van der Waals surface area contributed by atoms with E-state index in [2.05, 4.69) is 37.8 Å². The Balaban J connectivity index is 1.65. The van der Waals surface area contributed by atoms with E-state index in [0.29, 0.717) is 24.1 Å². The number of nitrogens with one attached hydrogen (secondary N) is 1. The van der Waals surface area contributed by atoms with Crippen molar-refractivity contribution in [2.75, 3.05) is 20.1 Å². The van der Waals surface area contributed by atoms with Crippen LogP contribution in [0.3, 0.4) is 0 Å². The SMILES string of the molecule is CN=C(NCc1cccc(C#N)c1)N1CCC(C)C(n2ccnc2)C1. The molecule has 0 amide bonds. The van der Waals surface area contributed by atoms with E-state index in [9.17, 15) is 0 Å². The zero-order valence-corrected chi connectivity index (χ0v) is 14.8. The van der Waals surface area contributed by atoms with E-state index in [-0.39, 0.29) is 0 Å². The van der Waals surface area contributed by atoms with Gasteiger partial charge in [-0.2, -0.15) is 5.26 Å². The van der Waals surface area contributed by atoms with Gasteiger partial charge in [-0.1, -0.05) is 19.1 Å². The Morgan fingerprint density at radius 3 is 3.08 bits per heavy atom. The molecule has 1 aromatic carbocycles. The third-order valence-corrected chi connectivity index (χ3v) is 4.84. The van der Waals surface area contributed by atoms with Crippen LogP contribution in [0.4, 0.5) is 0 Å². The Bertz CT molecular complexity index is 758. The summed E-state index contributed by atoms with van der Waals surface area (Å²) in [5, 5.41) is 12.5. The normalized spacial score (nSPS) is 21.0. The minimum absolute atomic E-state index is 0.400. The Kier molecular flexibility index (Phi) is 5.34. The van der Waals surface area contributed by atoms with Gasteiger partial charge in [-0.05, 0) is 30.0 Å². The summed E-state index contributed by atoms with van der Waals surface area (Å²) in [6.07, 6.45) is 6.89. The second kappa shape index (κ2) is 7.84. The summed E-state index contributed by atoms with van der Waals surface area (Å²) in [5.41, 5.74) is 1.76. The zero-order chi connectivity index (χ0) is 17.6. The van der Waals surface area contributed by atoms with E-state index in [1.165, 1.54) is 0 Å². The molecule has 2 atom stereocenters. The quantitative estimate of drug-likeness (QED) is 0.690. The number of aromatic nitrogens is 2. The molecule has 1 fully saturated rings. The number of piperidine rings is 1. The van der Waals surface area contributed by atoms with Crippen LogP contribution in [0.15, 0.2) is 48.0 Å². The first-order chi connectivity index (χ1) is 12.2. The maximum atomic E-state index is 9.02. The first kappa shape index (κ1) is 17.0. The maximum Gasteiger partial charge on any atom is 0.193 e. The fourth-order valence-electron chi connectivity index (χ4n) is 3.36. The fraction of sp³-hybridized carbons (Fsp3) is 0.421. The number of aliphatic imine (C=N–C) groups is 1. The molecule has 0 radical (unpaired) electrons. The topological polar surface area (TPSA) is 69.2 Å². The second-order valence-corrected chi connectivity index (χ2v) is 6.50. The zero-order valence-electron chi connectivity index (χ0n) is 14.8. The minimum atomic E-state index is 0.400. The summed E-state index contributed by atoms with van der Waals surface area (Å²) < 4.78 is 2.19. The van der Waals surface area contributed by atoms with Crippen molar-refractivity contribution in [2.45, 2.75) is 25.9 Å². The van der Waals surface area contributed by atoms with Gasteiger partial charge in [0.05, 0.1) is 24.0 Å². The largest absolute Gasteiger partial charge is 0.352 e. The molecular formula is C19H24N6. The molecule has 1 aliphatic heterocycles. The number of nitrogens with zero attached hydrogens (tertiary/aromatic N) is 5. The number of imidazole rings is 1. The van der Waals surface area contributed by atoms with Crippen LogP contribution in [0.1, 0.15) is 30.5 Å². The highest BCUT2D eigenvalue weighted by molar-refractivity contribution is 5.80. The molecule has 1 aliphatic rings. The van der Waals surface area contributed by atoms with E-state index in [1.54, 1.807) is 0 Å². The molecule has 2 unspecified atom stereocenters. The molecule has 1 saturated heterocycles. The molecule has 0 aliphatic carbocycles. The molecule has 0 spiro atoms. The predicted molar refractivity (Wildman–Crippen MR) is 98.0 cm³/mol. The lowest BCUT2D eigenvalue weighted by Crippen LogP contribution is -2.48. The summed E-state index contributed by atoms with van der Waals surface area (Å²) in [6.45, 7) is 4.86. The van der Waals surface area contributed by atoms with E-state index < -0.39 is 0 Å². The summed E-state index contributed by atoms with van der Waals surface area (Å²) in [6, 6.07) is 10.2. The van der Waals surface area contributed by atoms with Crippen molar-refractivity contribution in [1.29, 1.82) is 5.26 Å². The highest BCUT2D eigenvalue weighted by Gasteiger charge is 2.28. The van der Waals surface area contributed by atoms with Crippen LogP contribution in [0.5, 0.6) is 0 Å². The molecule has 3 rings (SSSR count). The Morgan fingerprint density at radius 2 is 2.36 bits per heavy atom. The standard InChI is InChI=1S/C19H24N6/c1-15-6-8-24(13-18(15)25-9-7-22-14-25)19(21-2)23-12-17-5-3-4-16(10-17)11-20/h3-5,7,9-10,14-15,18H,6,8,12-13H2,1-2H3,(H,21,23). The van der Waals surface area contributed by atoms with Crippen LogP contribution in [0.2, 0.25) is 0 Å². The minimum Gasteiger partial charge on any atom is -0.352 e. The third-order valence-electron chi connectivity index (χ3n) is 4.84. The van der Waals surface area contributed by atoms with Gasteiger partial charge in [0.2, 0.25) is 0 Å². The van der Waals surface area contributed by atoms with Crippen molar-refractivity contribution in [2.24, 2.45) is 10.9 Å². The van der Waals surface area contributed by atoms with Gasteiger partial charge in [-0.3, -0.25) is 4.99 Å². The third kappa shape index (κ3) is 4.00. The van der Waals surface area contributed by atoms with Gasteiger partial charge in [0.15, 0.2) is 5.96 Å². The summed E-state index contributed by atoms with van der Waals surface area (Å²) in [7, 11) is 1.82. The Morgan fingerprint density at radius 1 is 1.48 bits per heavy atom. The number of hydrogen-bond acceptors (Lipinski definition) is 3. The van der Waals surface area contributed by atoms with Crippen molar-refractivity contribution in [3.63, 3.8) is 0 Å². The molecule has 1 N–H and O–H groups in total. The van der Waals surface area contributed by atoms with Crippen LogP contribution in [-0.4, -0.2) is 40.5 Å². The number of nitriles is 1. The van der Waals surface area contributed by atoms with Crippen molar-refractivity contribution in [1.82, 2.24) is 19.8 Å². The van der Waals surface area contributed by atoms with Gasteiger partial charge in [-0.15, -0.1) is 0 Å². The molecule has 6 nitrogen and oxygen atoms in total. The Hall–Kier alpha value is -2.81. The lowest BCUT2D eigenvalue weighted by molar-refractivity contribution is 0.189. The fourth-order valence-corrected chi connectivity index (χ4v) is 3.36. The molecular weight excluding hydrogens is 312 g/mol. The molecule has 2 heterocycles. The number of benzene rings is 1. The van der Waals surface area contributed by atoms with Gasteiger partial charge in [-0.25, -0.2) is 4.98 Å². The van der Waals surface area contributed by atoms with Crippen LogP contribution in [-0.2, 0) is 6.54 Å². The number of guanidine groups is 1. The molecule has 25 heavy (non-hydrogen) atoms. The van der Waals surface area contributed by atoms with Crippen LogP contribution in [0, 0.1) is 17.2 Å². The lowest BCUT2D eigenvalue weighted by Gasteiger charge is -2.39. The first-order valence-corrected chi connectivity index (χ1v) is 8.63. The average Bonchev–Trinajstić information content (AvgIpc) is 3.18. The van der Waals surface area contributed by atoms with Crippen LogP contribution >= 0.6 is 0 Å². The van der Waals surface area contributed by atoms with Crippen LogP contribution in [0.25, 0.3) is 0 Å². The van der Waals surface area contributed by atoms with Crippen LogP contribution < -0.4 is 5.32 Å². The van der Waals surface area contributed by atoms with Gasteiger partial charge < -0.3 is 14.8 Å². The smallest absolute Gasteiger partial charge is 0.193 e. The van der Waals surface area contributed by atoms with Gasteiger partial charge in [0.25, 0.3) is 0 Å². The Labute approximate surface area is 148 Å². The highest BCUT2D eigenvalue weighted by Crippen LogP contribution is 2.27. The van der Waals surface area contributed by atoms with E-state index in [4.69, 9.17) is 5.26 Å². The summed E-state index contributed by atoms with van der Waals surface area (Å²) in [4.78, 5) is 10.9. The summed E-state index contributed by atoms with van der Waals surface area (Å²) >= 11 is 0. The molecule has 2 aromatic rings. The molecule has 130 valence electrons. The first-order valence-electron chi connectivity index (χ1n) is 8.63. The molecule has 0 saturated carbocycles. The van der Waals surface area contributed by atoms with E-state index in [0.717, 1.165) is 31.0 Å². The van der Waals surface area contributed by atoms with Crippen molar-refractivity contribution >= 4 is 5.96 Å². The monoisotopic (exact) mass is 336 g/mol. The highest BCUT2D eigenvalue weighted by atomic mass is 15.3. The molecule has 6 heteroatoms. The summed E-state index contributed by atoms with van der Waals surface area (Å²) in [5.74, 6) is 1.51. The van der Waals surface area contributed by atoms with E-state index >= 15 is 0 Å². The number of hydrogen-bond donors (Lipinski definition) is 1. The van der Waals surface area contributed by atoms with Crippen molar-refractivity contribution in [3.8, 4) is 6.07 Å². The predicted octanol–water partition coefficient (Wildman–Crippen LogP) is 2.41.